The zero-order chi connectivity index (χ0) is 12.5. The van der Waals surface area contributed by atoms with Crippen LogP contribution >= 0.6 is 0 Å². The lowest BCUT2D eigenvalue weighted by atomic mass is 10.3. The van der Waals surface area contributed by atoms with Crippen molar-refractivity contribution in [1.82, 2.24) is 20.3 Å². The van der Waals surface area contributed by atoms with E-state index in [4.69, 9.17) is 10.8 Å². The third kappa shape index (κ3) is 2.59. The first-order valence-corrected chi connectivity index (χ1v) is 5.22. The van der Waals surface area contributed by atoms with Crippen molar-refractivity contribution in [1.29, 1.82) is 0 Å². The molecule has 1 aliphatic carbocycles. The fourth-order valence-electron chi connectivity index (χ4n) is 1.33. The smallest absolute Gasteiger partial charge is 0.358 e. The Bertz CT molecular complexity index is 451. The molecule has 1 saturated carbocycles. The standard InChI is InChI=1S/C9H13N5O3/c10-9(1-2-9)8(17)11-3-4-14-5-6(7(15)16)12-13-14/h5H,1-4,10H2,(H,11,17)(H,15,16). The molecule has 1 aromatic rings. The molecule has 1 fully saturated rings. The number of rotatable bonds is 5. The highest BCUT2D eigenvalue weighted by molar-refractivity contribution is 5.88. The predicted molar refractivity (Wildman–Crippen MR) is 56.1 cm³/mol. The van der Waals surface area contributed by atoms with Crippen LogP contribution in [0.15, 0.2) is 6.20 Å². The van der Waals surface area contributed by atoms with E-state index in [1.54, 1.807) is 0 Å². The molecule has 0 saturated heterocycles. The molecule has 0 aliphatic heterocycles. The molecule has 1 amide bonds. The number of carboxylic acid groups (broad SMARTS) is 1. The van der Waals surface area contributed by atoms with Crippen LogP contribution in [0.4, 0.5) is 0 Å². The predicted octanol–water partition coefficient (Wildman–Crippen LogP) is -1.42. The van der Waals surface area contributed by atoms with E-state index in [1.165, 1.54) is 10.9 Å². The summed E-state index contributed by atoms with van der Waals surface area (Å²) in [5.41, 5.74) is 4.89. The number of amides is 1. The Kier molecular flexibility index (Phi) is 2.80. The van der Waals surface area contributed by atoms with E-state index in [2.05, 4.69) is 15.6 Å². The van der Waals surface area contributed by atoms with Crippen LogP contribution in [0.3, 0.4) is 0 Å². The van der Waals surface area contributed by atoms with Gasteiger partial charge in [0.25, 0.3) is 0 Å². The van der Waals surface area contributed by atoms with E-state index in [-0.39, 0.29) is 11.6 Å². The van der Waals surface area contributed by atoms with Gasteiger partial charge < -0.3 is 16.2 Å². The minimum absolute atomic E-state index is 0.117. The molecule has 1 aromatic heterocycles. The second-order valence-electron chi connectivity index (χ2n) is 4.08. The van der Waals surface area contributed by atoms with Gasteiger partial charge in [0.1, 0.15) is 0 Å². The third-order valence-corrected chi connectivity index (χ3v) is 2.63. The Labute approximate surface area is 96.8 Å². The van der Waals surface area contributed by atoms with Crippen molar-refractivity contribution in [2.45, 2.75) is 24.9 Å². The summed E-state index contributed by atoms with van der Waals surface area (Å²) in [6.07, 6.45) is 2.74. The van der Waals surface area contributed by atoms with Gasteiger partial charge in [-0.15, -0.1) is 5.10 Å². The first kappa shape index (κ1) is 11.5. The maximum atomic E-state index is 11.5. The number of hydrogen-bond donors (Lipinski definition) is 3. The fraction of sp³-hybridized carbons (Fsp3) is 0.556. The highest BCUT2D eigenvalue weighted by atomic mass is 16.4. The fourth-order valence-corrected chi connectivity index (χ4v) is 1.33. The summed E-state index contributed by atoms with van der Waals surface area (Å²) in [4.78, 5) is 22.0. The molecular weight excluding hydrogens is 226 g/mol. The molecule has 0 radical (unpaired) electrons. The van der Waals surface area contributed by atoms with Crippen molar-refractivity contribution in [2.24, 2.45) is 5.73 Å². The quantitative estimate of drug-likeness (QED) is 0.579. The summed E-state index contributed by atoms with van der Waals surface area (Å²) in [7, 11) is 0. The van der Waals surface area contributed by atoms with Crippen molar-refractivity contribution in [3.05, 3.63) is 11.9 Å². The van der Waals surface area contributed by atoms with E-state index in [0.29, 0.717) is 25.9 Å². The van der Waals surface area contributed by atoms with Gasteiger partial charge in [0.2, 0.25) is 5.91 Å². The van der Waals surface area contributed by atoms with E-state index in [9.17, 15) is 9.59 Å². The van der Waals surface area contributed by atoms with E-state index in [0.717, 1.165) is 0 Å². The number of carboxylic acids is 1. The molecule has 92 valence electrons. The number of aromatic nitrogens is 3. The summed E-state index contributed by atoms with van der Waals surface area (Å²) in [5, 5.41) is 18.4. The van der Waals surface area contributed by atoms with Crippen molar-refractivity contribution in [3.8, 4) is 0 Å². The molecule has 0 bridgehead atoms. The van der Waals surface area contributed by atoms with Gasteiger partial charge in [0.15, 0.2) is 5.69 Å². The Morgan fingerprint density at radius 1 is 1.59 bits per heavy atom. The number of nitrogens with two attached hydrogens (primary N) is 1. The molecular formula is C9H13N5O3. The minimum atomic E-state index is -1.13. The van der Waals surface area contributed by atoms with Crippen molar-refractivity contribution >= 4 is 11.9 Å². The van der Waals surface area contributed by atoms with Gasteiger partial charge in [-0.1, -0.05) is 5.21 Å². The van der Waals surface area contributed by atoms with Gasteiger partial charge in [-0.25, -0.2) is 9.48 Å². The minimum Gasteiger partial charge on any atom is -0.476 e. The van der Waals surface area contributed by atoms with Gasteiger partial charge in [-0.3, -0.25) is 4.79 Å². The number of aromatic carboxylic acids is 1. The van der Waals surface area contributed by atoms with Crippen molar-refractivity contribution < 1.29 is 14.7 Å². The van der Waals surface area contributed by atoms with Crippen LogP contribution in [0.2, 0.25) is 0 Å². The van der Waals surface area contributed by atoms with Crippen LogP contribution in [-0.4, -0.2) is 44.1 Å². The number of nitrogens with zero attached hydrogens (tertiary/aromatic N) is 3. The third-order valence-electron chi connectivity index (χ3n) is 2.63. The lowest BCUT2D eigenvalue weighted by molar-refractivity contribution is -0.123. The molecule has 8 nitrogen and oxygen atoms in total. The second kappa shape index (κ2) is 4.13. The van der Waals surface area contributed by atoms with Gasteiger partial charge in [0.05, 0.1) is 18.3 Å². The highest BCUT2D eigenvalue weighted by Crippen LogP contribution is 2.31. The molecule has 2 rings (SSSR count). The van der Waals surface area contributed by atoms with Crippen molar-refractivity contribution in [2.75, 3.05) is 6.54 Å². The average molecular weight is 239 g/mol. The second-order valence-corrected chi connectivity index (χ2v) is 4.08. The zero-order valence-electron chi connectivity index (χ0n) is 9.09. The Hall–Kier alpha value is -1.96. The van der Waals surface area contributed by atoms with Crippen LogP contribution < -0.4 is 11.1 Å². The van der Waals surface area contributed by atoms with Crippen LogP contribution in [0.25, 0.3) is 0 Å². The molecule has 0 aromatic carbocycles. The monoisotopic (exact) mass is 239 g/mol. The van der Waals surface area contributed by atoms with Gasteiger partial charge in [-0.2, -0.15) is 0 Å². The number of carbonyl (C=O) groups is 2. The molecule has 17 heavy (non-hydrogen) atoms. The van der Waals surface area contributed by atoms with Gasteiger partial charge >= 0.3 is 5.97 Å². The maximum absolute atomic E-state index is 11.5. The molecule has 1 aliphatic rings. The van der Waals surface area contributed by atoms with Gasteiger partial charge in [-0.05, 0) is 12.8 Å². The molecule has 0 unspecified atom stereocenters. The summed E-state index contributed by atoms with van der Waals surface area (Å²) in [6.45, 7) is 0.711. The Morgan fingerprint density at radius 2 is 2.29 bits per heavy atom. The summed E-state index contributed by atoms with van der Waals surface area (Å²) in [6, 6.07) is 0. The van der Waals surface area contributed by atoms with Gasteiger partial charge in [0, 0.05) is 6.54 Å². The lowest BCUT2D eigenvalue weighted by Gasteiger charge is -2.09. The number of carbonyl (C=O) groups excluding carboxylic acids is 1. The van der Waals surface area contributed by atoms with Crippen LogP contribution in [0.1, 0.15) is 23.3 Å². The molecule has 0 spiro atoms. The zero-order valence-corrected chi connectivity index (χ0v) is 9.09. The topological polar surface area (TPSA) is 123 Å². The lowest BCUT2D eigenvalue weighted by Crippen LogP contribution is -2.43. The van der Waals surface area contributed by atoms with E-state index < -0.39 is 11.5 Å². The summed E-state index contributed by atoms with van der Waals surface area (Å²) in [5.74, 6) is -1.30. The Balaban J connectivity index is 1.78. The molecule has 1 heterocycles. The summed E-state index contributed by atoms with van der Waals surface area (Å²) < 4.78 is 1.36. The first-order valence-electron chi connectivity index (χ1n) is 5.22. The van der Waals surface area contributed by atoms with Crippen LogP contribution in [0, 0.1) is 0 Å². The summed E-state index contributed by atoms with van der Waals surface area (Å²) >= 11 is 0. The maximum Gasteiger partial charge on any atom is 0.358 e. The molecule has 0 atom stereocenters. The largest absolute Gasteiger partial charge is 0.476 e. The Morgan fingerprint density at radius 3 is 2.82 bits per heavy atom. The molecule has 4 N–H and O–H groups in total. The first-order chi connectivity index (χ1) is 8.01. The normalized spacial score (nSPS) is 16.5. The van der Waals surface area contributed by atoms with Crippen LogP contribution in [-0.2, 0) is 11.3 Å². The van der Waals surface area contributed by atoms with Crippen molar-refractivity contribution in [3.63, 3.8) is 0 Å². The SMILES string of the molecule is NC1(C(=O)NCCn2cc(C(=O)O)nn2)CC1. The molecule has 8 heteroatoms. The van der Waals surface area contributed by atoms with E-state index in [1.807, 2.05) is 0 Å². The number of hydrogen-bond acceptors (Lipinski definition) is 5. The highest BCUT2D eigenvalue weighted by Gasteiger charge is 2.45. The number of nitrogens with one attached hydrogen (secondary N) is 1. The van der Waals surface area contributed by atoms with E-state index >= 15 is 0 Å². The average Bonchev–Trinajstić information content (AvgIpc) is 2.86. The van der Waals surface area contributed by atoms with Crippen LogP contribution in [0.5, 0.6) is 0 Å².